The lowest BCUT2D eigenvalue weighted by molar-refractivity contribution is -0.152. The molecular weight excluding hydrogens is 536 g/mol. The second-order valence-corrected chi connectivity index (χ2v) is 12.3. The smallest absolute Gasteiger partial charge is 0.302 e. The quantitative estimate of drug-likeness (QED) is 0.135. The molecule has 4 bridgehead atoms. The molecule has 1 aromatic rings. The number of hydrogen-bond donors (Lipinski definition) is 6. The highest BCUT2D eigenvalue weighted by molar-refractivity contribution is 5.77. The molecule has 0 aromatic heterocycles. The van der Waals surface area contributed by atoms with E-state index in [-0.39, 0.29) is 48.7 Å². The Kier molecular flexibility index (Phi) is 11.0. The fourth-order valence-electron chi connectivity index (χ4n) is 6.59. The largest absolute Gasteiger partial charge is 0.504 e. The van der Waals surface area contributed by atoms with Crippen molar-refractivity contribution in [2.45, 2.75) is 102 Å². The first-order chi connectivity index (χ1) is 20.1. The number of aliphatic imine (C=N–C) groups is 1. The first kappa shape index (κ1) is 31.9. The lowest BCUT2D eigenvalue weighted by atomic mass is 9.73. The molecule has 8 unspecified atom stereocenters. The summed E-state index contributed by atoms with van der Waals surface area (Å²) in [4.78, 5) is 16.3. The van der Waals surface area contributed by atoms with Crippen LogP contribution in [0.3, 0.4) is 0 Å². The third kappa shape index (κ3) is 8.30. The number of nitrogens with one attached hydrogen (secondary N) is 2. The van der Waals surface area contributed by atoms with E-state index >= 15 is 0 Å². The summed E-state index contributed by atoms with van der Waals surface area (Å²) in [7, 11) is 1.59. The topological polar surface area (TPSA) is 159 Å². The average molecular weight is 585 g/mol. The molecule has 1 aliphatic carbocycles. The van der Waals surface area contributed by atoms with E-state index in [0.29, 0.717) is 25.0 Å². The molecule has 1 fully saturated rings. The Morgan fingerprint density at radius 3 is 2.86 bits per heavy atom. The van der Waals surface area contributed by atoms with Gasteiger partial charge in [-0.25, -0.2) is 0 Å². The molecule has 0 spiro atoms. The van der Waals surface area contributed by atoms with Crippen LogP contribution in [0.4, 0.5) is 0 Å². The summed E-state index contributed by atoms with van der Waals surface area (Å²) in [5, 5.41) is 39.6. The fraction of sp³-hybridized carbons (Fsp3) is 0.688. The fourth-order valence-corrected chi connectivity index (χ4v) is 6.59. The van der Waals surface area contributed by atoms with Crippen LogP contribution in [-0.2, 0) is 16.0 Å². The van der Waals surface area contributed by atoms with Crippen LogP contribution in [0.15, 0.2) is 23.2 Å². The highest BCUT2D eigenvalue weighted by atomic mass is 16.5. The number of esters is 1. The maximum absolute atomic E-state index is 12.3. The zero-order valence-corrected chi connectivity index (χ0v) is 25.1. The Hall–Kier alpha value is -3.00. The molecule has 0 amide bonds. The zero-order chi connectivity index (χ0) is 30.3. The van der Waals surface area contributed by atoms with Gasteiger partial charge < -0.3 is 41.2 Å². The van der Waals surface area contributed by atoms with Gasteiger partial charge in [-0.1, -0.05) is 24.3 Å². The van der Waals surface area contributed by atoms with E-state index in [1.165, 1.54) is 6.92 Å². The number of piperidine rings is 1. The minimum absolute atomic E-state index is 0.0147. The van der Waals surface area contributed by atoms with Crippen molar-refractivity contribution < 1.29 is 29.6 Å². The van der Waals surface area contributed by atoms with Gasteiger partial charge in [0.15, 0.2) is 17.5 Å². The summed E-state index contributed by atoms with van der Waals surface area (Å²) in [6.45, 7) is 4.25. The lowest BCUT2D eigenvalue weighted by Crippen LogP contribution is -2.47. The number of rotatable bonds is 4. The molecule has 7 N–H and O–H groups in total. The number of aliphatic hydroxyl groups is 2. The monoisotopic (exact) mass is 584 g/mol. The van der Waals surface area contributed by atoms with Crippen molar-refractivity contribution in [3.63, 3.8) is 0 Å². The van der Waals surface area contributed by atoms with Crippen molar-refractivity contribution in [1.82, 2.24) is 10.6 Å². The summed E-state index contributed by atoms with van der Waals surface area (Å²) >= 11 is 0. The number of aromatic hydroxyl groups is 1. The standard InChI is InChI=1S/C32H48N4O6/c1-20(37)32(19-36-31(33)34-3)12-9-23-5-4-6-24-17-26(11-14-35-24)42-30-16-22(7-8-28(30)40)15-27(23)29(41-21(2)38)18-25(39)10-13-32/h7-8,16,20,23-27,29,35,37,39-40H,4-6,10-11,13-15,17-19H2,1-3H3,(H3,33,34,36). The number of guanidine groups is 1. The lowest BCUT2D eigenvalue weighted by Gasteiger charge is -2.37. The van der Waals surface area contributed by atoms with Crippen LogP contribution in [0, 0.1) is 29.1 Å². The Morgan fingerprint density at radius 1 is 1.31 bits per heavy atom. The molecule has 2 heterocycles. The predicted molar refractivity (Wildman–Crippen MR) is 161 cm³/mol. The van der Waals surface area contributed by atoms with Crippen molar-refractivity contribution in [3.8, 4) is 23.3 Å². The van der Waals surface area contributed by atoms with E-state index in [9.17, 15) is 20.1 Å². The molecular formula is C32H48N4O6. The number of fused-ring (bicyclic) bond motifs is 5. The third-order valence-corrected chi connectivity index (χ3v) is 9.18. The molecule has 1 saturated heterocycles. The minimum Gasteiger partial charge on any atom is -0.504 e. The molecule has 42 heavy (non-hydrogen) atoms. The van der Waals surface area contributed by atoms with E-state index in [1.807, 2.05) is 12.1 Å². The SMILES string of the molecule is CN=C(N)NCC1(C(C)O)C#CC2CCCC3CC(CCN3)Oc3cc(ccc3O)CC2C(OC(C)=O)CC(O)CC1. The number of phenols is 1. The highest BCUT2D eigenvalue weighted by Gasteiger charge is 2.39. The number of nitrogens with two attached hydrogens (primary N) is 1. The minimum atomic E-state index is -0.867. The molecule has 2 aliphatic heterocycles. The molecule has 1 aromatic carbocycles. The molecule has 0 saturated carbocycles. The first-order valence-corrected chi connectivity index (χ1v) is 15.3. The number of aliphatic hydroxyl groups excluding tert-OH is 2. The highest BCUT2D eigenvalue weighted by Crippen LogP contribution is 2.38. The Balaban J connectivity index is 1.80. The number of phenolic OH excluding ortho intramolecular Hbond substituents is 1. The summed E-state index contributed by atoms with van der Waals surface area (Å²) < 4.78 is 12.2. The maximum atomic E-state index is 12.3. The number of nitrogens with zero attached hydrogens (tertiary/aromatic N) is 1. The number of ether oxygens (including phenoxy) is 2. The van der Waals surface area contributed by atoms with Crippen molar-refractivity contribution >= 4 is 11.9 Å². The van der Waals surface area contributed by atoms with Gasteiger partial charge in [-0.15, -0.1) is 0 Å². The van der Waals surface area contributed by atoms with Gasteiger partial charge in [0.2, 0.25) is 0 Å². The molecule has 3 aliphatic rings. The van der Waals surface area contributed by atoms with Crippen LogP contribution in [0.1, 0.15) is 70.8 Å². The maximum Gasteiger partial charge on any atom is 0.302 e. The molecule has 8 atom stereocenters. The van der Waals surface area contributed by atoms with Crippen LogP contribution in [0.5, 0.6) is 11.5 Å². The first-order valence-electron chi connectivity index (χ1n) is 15.3. The van der Waals surface area contributed by atoms with Gasteiger partial charge in [-0.05, 0) is 76.1 Å². The number of carbonyl (C=O) groups excluding carboxylic acids is 1. The van der Waals surface area contributed by atoms with Gasteiger partial charge in [-0.3, -0.25) is 9.79 Å². The van der Waals surface area contributed by atoms with Crippen LogP contribution in [0.2, 0.25) is 0 Å². The number of benzene rings is 1. The van der Waals surface area contributed by atoms with Crippen molar-refractivity contribution in [2.75, 3.05) is 20.1 Å². The summed E-state index contributed by atoms with van der Waals surface area (Å²) in [6.07, 6.45) is 3.78. The van der Waals surface area contributed by atoms with Crippen LogP contribution >= 0.6 is 0 Å². The zero-order valence-electron chi connectivity index (χ0n) is 25.1. The second kappa shape index (κ2) is 14.5. The predicted octanol–water partition coefficient (Wildman–Crippen LogP) is 2.23. The molecule has 10 heteroatoms. The van der Waals surface area contributed by atoms with E-state index < -0.39 is 29.7 Å². The van der Waals surface area contributed by atoms with E-state index in [1.54, 1.807) is 20.0 Å². The van der Waals surface area contributed by atoms with Gasteiger partial charge in [-0.2, -0.15) is 0 Å². The van der Waals surface area contributed by atoms with Gasteiger partial charge in [0.05, 0.1) is 17.6 Å². The van der Waals surface area contributed by atoms with E-state index in [0.717, 1.165) is 44.2 Å². The molecule has 10 nitrogen and oxygen atoms in total. The van der Waals surface area contributed by atoms with Crippen molar-refractivity contribution in [1.29, 1.82) is 0 Å². The summed E-state index contributed by atoms with van der Waals surface area (Å²) in [5.74, 6) is 7.01. The van der Waals surface area contributed by atoms with Gasteiger partial charge in [0, 0.05) is 44.8 Å². The van der Waals surface area contributed by atoms with Gasteiger partial charge >= 0.3 is 5.97 Å². The Bertz CT molecular complexity index is 1160. The molecule has 0 radical (unpaired) electrons. The van der Waals surface area contributed by atoms with Crippen molar-refractivity contribution in [2.24, 2.45) is 28.0 Å². The molecule has 4 rings (SSSR count). The van der Waals surface area contributed by atoms with Gasteiger partial charge in [0.25, 0.3) is 0 Å². The summed E-state index contributed by atoms with van der Waals surface area (Å²) in [6, 6.07) is 5.69. The van der Waals surface area contributed by atoms with Crippen LogP contribution in [-0.4, -0.2) is 77.8 Å². The van der Waals surface area contributed by atoms with Crippen LogP contribution < -0.4 is 21.1 Å². The number of carbonyl (C=O) groups is 1. The van der Waals surface area contributed by atoms with Crippen LogP contribution in [0.25, 0.3) is 0 Å². The Labute approximate surface area is 249 Å². The summed E-state index contributed by atoms with van der Waals surface area (Å²) in [5.41, 5.74) is 6.01. The third-order valence-electron chi connectivity index (χ3n) is 9.18. The molecule has 232 valence electrons. The number of hydrogen-bond acceptors (Lipinski definition) is 8. The second-order valence-electron chi connectivity index (χ2n) is 12.3. The van der Waals surface area contributed by atoms with Crippen molar-refractivity contribution in [3.05, 3.63) is 23.8 Å². The Morgan fingerprint density at radius 2 is 2.12 bits per heavy atom. The van der Waals surface area contributed by atoms with Gasteiger partial charge in [0.1, 0.15) is 12.2 Å². The van der Waals surface area contributed by atoms with E-state index in [2.05, 4.69) is 27.5 Å². The normalized spacial score (nSPS) is 33.0. The van der Waals surface area contributed by atoms with E-state index in [4.69, 9.17) is 15.2 Å². The average Bonchev–Trinajstić information content (AvgIpc) is 2.95.